The monoisotopic (exact) mass is 411 g/mol. The zero-order chi connectivity index (χ0) is 20.5. The summed E-state index contributed by atoms with van der Waals surface area (Å²) >= 11 is 0. The number of rotatable bonds is 6. The maximum atomic E-state index is 12.6. The Bertz CT molecular complexity index is 864. The van der Waals surface area contributed by atoms with Crippen LogP contribution in [0.3, 0.4) is 0 Å². The van der Waals surface area contributed by atoms with Gasteiger partial charge in [-0.3, -0.25) is 14.5 Å². The average molecular weight is 411 g/mol. The molecule has 2 heterocycles. The highest BCUT2D eigenvalue weighted by Crippen LogP contribution is 2.26. The van der Waals surface area contributed by atoms with Gasteiger partial charge in [0.2, 0.25) is 10.0 Å². The first-order chi connectivity index (χ1) is 13.2. The van der Waals surface area contributed by atoms with E-state index in [1.165, 1.54) is 4.31 Å². The van der Waals surface area contributed by atoms with Crippen molar-refractivity contribution in [3.63, 3.8) is 0 Å². The summed E-state index contributed by atoms with van der Waals surface area (Å²) in [7, 11) is -3.30. The van der Waals surface area contributed by atoms with Gasteiger partial charge in [0, 0.05) is 38.2 Å². The van der Waals surface area contributed by atoms with Gasteiger partial charge in [0.15, 0.2) is 0 Å². The third-order valence-corrected chi connectivity index (χ3v) is 6.48. The Morgan fingerprint density at radius 1 is 1.21 bits per heavy atom. The van der Waals surface area contributed by atoms with Crippen LogP contribution in [0.15, 0.2) is 18.2 Å². The summed E-state index contributed by atoms with van der Waals surface area (Å²) in [6.45, 7) is 3.29. The number of carbonyl (C=O) groups is 2. The second kappa shape index (κ2) is 8.06. The molecule has 0 aliphatic carbocycles. The van der Waals surface area contributed by atoms with Crippen molar-refractivity contribution in [3.8, 4) is 5.75 Å². The van der Waals surface area contributed by atoms with Crippen molar-refractivity contribution in [2.75, 3.05) is 39.0 Å². The van der Waals surface area contributed by atoms with Crippen LogP contribution in [0.1, 0.15) is 22.8 Å². The highest BCUT2D eigenvalue weighted by Gasteiger charge is 2.35. The molecule has 1 amide bonds. The lowest BCUT2D eigenvalue weighted by atomic mass is 10.0. The highest BCUT2D eigenvalue weighted by molar-refractivity contribution is 7.88. The Labute approximate surface area is 164 Å². The van der Waals surface area contributed by atoms with Gasteiger partial charge in [-0.1, -0.05) is 0 Å². The maximum absolute atomic E-state index is 12.6. The van der Waals surface area contributed by atoms with Gasteiger partial charge in [0.05, 0.1) is 18.9 Å². The molecule has 2 unspecified atom stereocenters. The van der Waals surface area contributed by atoms with E-state index in [4.69, 9.17) is 4.74 Å². The molecule has 2 aliphatic heterocycles. The molecule has 0 saturated carbocycles. The van der Waals surface area contributed by atoms with E-state index in [1.807, 2.05) is 0 Å². The van der Waals surface area contributed by atoms with E-state index in [0.717, 1.165) is 24.0 Å². The van der Waals surface area contributed by atoms with Gasteiger partial charge in [-0.05, 0) is 30.7 Å². The molecule has 0 bridgehead atoms. The van der Waals surface area contributed by atoms with E-state index in [1.54, 1.807) is 30.0 Å². The molecule has 154 valence electrons. The van der Waals surface area contributed by atoms with Crippen LogP contribution in [0.2, 0.25) is 0 Å². The quantitative estimate of drug-likeness (QED) is 0.664. The summed E-state index contributed by atoms with van der Waals surface area (Å²) < 4.78 is 30.0. The third kappa shape index (κ3) is 4.45. The average Bonchev–Trinajstić information content (AvgIpc) is 3.08. The molecule has 3 rings (SSSR count). The number of benzene rings is 1. The number of ether oxygens (including phenoxy) is 1. The zero-order valence-corrected chi connectivity index (χ0v) is 16.7. The van der Waals surface area contributed by atoms with Gasteiger partial charge in [-0.2, -0.15) is 4.31 Å². The van der Waals surface area contributed by atoms with Gasteiger partial charge in [-0.15, -0.1) is 0 Å². The molecule has 0 radical (unpaired) electrons. The van der Waals surface area contributed by atoms with Gasteiger partial charge < -0.3 is 15.2 Å². The number of nitrogens with zero attached hydrogens (tertiary/aromatic N) is 2. The lowest BCUT2D eigenvalue weighted by Gasteiger charge is -2.38. The number of fused-ring (bicyclic) bond motifs is 1. The smallest absolute Gasteiger partial charge is 0.323 e. The fourth-order valence-corrected chi connectivity index (χ4v) is 4.52. The molecule has 2 aliphatic rings. The molecule has 1 saturated heterocycles. The number of nitrogens with one attached hydrogen (secondary N) is 1. The van der Waals surface area contributed by atoms with Gasteiger partial charge in [-0.25, -0.2) is 8.42 Å². The van der Waals surface area contributed by atoms with Crippen molar-refractivity contribution in [3.05, 3.63) is 29.3 Å². The van der Waals surface area contributed by atoms with Crippen LogP contribution in [0.4, 0.5) is 0 Å². The SMILES string of the molecule is CC(NC(=O)c1ccc2c(c1)CCO2)C(C(=O)O)N1CCN(S(C)(=O)=O)CC1. The molecule has 2 atom stereocenters. The number of aliphatic carboxylic acids is 1. The molecule has 1 aromatic rings. The highest BCUT2D eigenvalue weighted by atomic mass is 32.2. The minimum Gasteiger partial charge on any atom is -0.493 e. The Hall–Kier alpha value is -2.17. The maximum Gasteiger partial charge on any atom is 0.323 e. The van der Waals surface area contributed by atoms with Crippen molar-refractivity contribution < 1.29 is 27.9 Å². The number of hydrogen-bond donors (Lipinski definition) is 2. The number of piperazine rings is 1. The standard InChI is InChI=1S/C18H25N3O6S/c1-12(19-17(22)14-3-4-15-13(11-14)5-10-27-15)16(18(23)24)20-6-8-21(9-7-20)28(2,25)26/h3-4,11-12,16H,5-10H2,1-2H3,(H,19,22)(H,23,24). The first-order valence-corrected chi connectivity index (χ1v) is 11.0. The van der Waals surface area contributed by atoms with Crippen molar-refractivity contribution in [2.45, 2.75) is 25.4 Å². The molecule has 1 aromatic carbocycles. The van der Waals surface area contributed by atoms with Gasteiger partial charge >= 0.3 is 5.97 Å². The lowest BCUT2D eigenvalue weighted by Crippen LogP contribution is -2.59. The normalized spacial score (nSPS) is 20.1. The molecule has 1 fully saturated rings. The fraction of sp³-hybridized carbons (Fsp3) is 0.556. The summed E-state index contributed by atoms with van der Waals surface area (Å²) in [4.78, 5) is 26.1. The van der Waals surface area contributed by atoms with E-state index in [0.29, 0.717) is 25.3 Å². The lowest BCUT2D eigenvalue weighted by molar-refractivity contribution is -0.144. The van der Waals surface area contributed by atoms with E-state index >= 15 is 0 Å². The largest absolute Gasteiger partial charge is 0.493 e. The summed E-state index contributed by atoms with van der Waals surface area (Å²) in [6.07, 6.45) is 1.89. The summed E-state index contributed by atoms with van der Waals surface area (Å²) in [5.74, 6) is -0.622. The van der Waals surface area contributed by atoms with E-state index in [9.17, 15) is 23.1 Å². The Balaban J connectivity index is 1.66. The second-order valence-corrected chi connectivity index (χ2v) is 9.15. The second-order valence-electron chi connectivity index (χ2n) is 7.16. The van der Waals surface area contributed by atoms with E-state index < -0.39 is 28.1 Å². The molecule has 28 heavy (non-hydrogen) atoms. The van der Waals surface area contributed by atoms with Crippen LogP contribution >= 0.6 is 0 Å². The number of sulfonamides is 1. The Morgan fingerprint density at radius 3 is 2.50 bits per heavy atom. The number of carboxylic acid groups (broad SMARTS) is 1. The summed E-state index contributed by atoms with van der Waals surface area (Å²) in [5.41, 5.74) is 1.43. The third-order valence-electron chi connectivity index (χ3n) is 5.17. The van der Waals surface area contributed by atoms with Crippen molar-refractivity contribution >= 4 is 21.9 Å². The van der Waals surface area contributed by atoms with Crippen molar-refractivity contribution in [1.29, 1.82) is 0 Å². The predicted molar refractivity (Wildman–Crippen MR) is 102 cm³/mol. The Kier molecular flexibility index (Phi) is 5.92. The summed E-state index contributed by atoms with van der Waals surface area (Å²) in [6, 6.07) is 3.58. The van der Waals surface area contributed by atoms with Crippen LogP contribution in [0.5, 0.6) is 5.75 Å². The fourth-order valence-electron chi connectivity index (χ4n) is 3.70. The minimum atomic E-state index is -3.30. The molecular formula is C18H25N3O6S. The number of amides is 1. The minimum absolute atomic E-state index is 0.230. The molecule has 0 aromatic heterocycles. The molecule has 2 N–H and O–H groups in total. The summed E-state index contributed by atoms with van der Waals surface area (Å²) in [5, 5.41) is 12.5. The number of carbonyl (C=O) groups excluding carboxylic acids is 1. The van der Waals surface area contributed by atoms with Crippen LogP contribution in [-0.4, -0.2) is 85.7 Å². The van der Waals surface area contributed by atoms with Crippen molar-refractivity contribution in [1.82, 2.24) is 14.5 Å². The van der Waals surface area contributed by atoms with Gasteiger partial charge in [0.25, 0.3) is 5.91 Å². The molecular weight excluding hydrogens is 386 g/mol. The molecule has 10 heteroatoms. The number of carboxylic acids is 1. The molecule has 0 spiro atoms. The zero-order valence-electron chi connectivity index (χ0n) is 15.9. The molecule has 9 nitrogen and oxygen atoms in total. The van der Waals surface area contributed by atoms with Crippen molar-refractivity contribution in [2.24, 2.45) is 0 Å². The van der Waals surface area contributed by atoms with E-state index in [2.05, 4.69) is 5.32 Å². The predicted octanol–water partition coefficient (Wildman–Crippen LogP) is -0.230. The van der Waals surface area contributed by atoms with E-state index in [-0.39, 0.29) is 19.0 Å². The van der Waals surface area contributed by atoms with Crippen LogP contribution < -0.4 is 10.1 Å². The topological polar surface area (TPSA) is 116 Å². The first kappa shape index (κ1) is 20.6. The van der Waals surface area contributed by atoms with Crippen LogP contribution in [-0.2, 0) is 21.2 Å². The Morgan fingerprint density at radius 2 is 1.89 bits per heavy atom. The van der Waals surface area contributed by atoms with Crippen LogP contribution in [0.25, 0.3) is 0 Å². The first-order valence-electron chi connectivity index (χ1n) is 9.15. The number of hydrogen-bond acceptors (Lipinski definition) is 6. The van der Waals surface area contributed by atoms with Crippen LogP contribution in [0, 0.1) is 0 Å². The van der Waals surface area contributed by atoms with Gasteiger partial charge in [0.1, 0.15) is 11.8 Å².